The first-order valence-corrected chi connectivity index (χ1v) is 5.43. The van der Waals surface area contributed by atoms with Crippen LogP contribution in [0.25, 0.3) is 0 Å². The van der Waals surface area contributed by atoms with Crippen molar-refractivity contribution in [2.45, 2.75) is 0 Å². The summed E-state index contributed by atoms with van der Waals surface area (Å²) < 4.78 is 9.35. The summed E-state index contributed by atoms with van der Waals surface area (Å²) in [7, 11) is 4.78. The van der Waals surface area contributed by atoms with E-state index in [4.69, 9.17) is 9.42 Å². The van der Waals surface area contributed by atoms with Crippen molar-refractivity contribution < 1.29 is 19.2 Å². The summed E-state index contributed by atoms with van der Waals surface area (Å²) in [5.74, 6) is 0. The molecule has 0 unspecified atom stereocenters. The molecule has 0 fully saturated rings. The Labute approximate surface area is 33.9 Å². The van der Waals surface area contributed by atoms with E-state index >= 15 is 0 Å². The van der Waals surface area contributed by atoms with Crippen molar-refractivity contribution in [1.29, 1.82) is 0 Å². The molecule has 0 rings (SSSR count). The number of hydrogen-bond donors (Lipinski definition) is 0. The summed E-state index contributed by atoms with van der Waals surface area (Å²) in [6.45, 7) is 0. The van der Waals surface area contributed by atoms with E-state index in [-0.39, 0.29) is 0 Å². The molecule has 0 N–H and O–H groups in total. The van der Waals surface area contributed by atoms with E-state index in [1.165, 1.54) is 0 Å². The van der Waals surface area contributed by atoms with Gasteiger partial charge in [0.2, 0.25) is 0 Å². The van der Waals surface area contributed by atoms with Crippen molar-refractivity contribution in [3.8, 4) is 0 Å². The van der Waals surface area contributed by atoms with Gasteiger partial charge in [-0.2, -0.15) is 0 Å². The second-order valence-electron chi connectivity index (χ2n) is 0.290. The van der Waals surface area contributed by atoms with Gasteiger partial charge in [0, 0.05) is 0 Å². The molecule has 3 heteroatoms. The number of rotatable bonds is 0. The topological polar surface area (TPSA) is 17.1 Å². The second-order valence-corrected chi connectivity index (χ2v) is 3.75. The molecule has 4 heavy (non-hydrogen) atoms. The average molecular weight is 161 g/mol. The first-order chi connectivity index (χ1) is 1.73. The molecule has 0 heterocycles. The molecular formula is CH2ClMoO. The van der Waals surface area contributed by atoms with Crippen LogP contribution in [-0.4, -0.2) is 4.90 Å². The number of hydrogen-bond acceptors (Lipinski definition) is 1. The zero-order valence-electron chi connectivity index (χ0n) is 1.90. The first kappa shape index (κ1) is 4.65. The Hall–Kier alpha value is 0.648. The fourth-order valence-electron chi connectivity index (χ4n) is 0. The Balaban J connectivity index is 3.51. The fourth-order valence-corrected chi connectivity index (χ4v) is 0. The monoisotopic (exact) mass is 163 g/mol. The van der Waals surface area contributed by atoms with E-state index in [9.17, 15) is 3.40 Å². The van der Waals surface area contributed by atoms with Crippen LogP contribution in [0.15, 0.2) is 0 Å². The summed E-state index contributed by atoms with van der Waals surface area (Å²) >= 11 is -2.38. The Morgan fingerprint density at radius 1 is 2.00 bits per heavy atom. The fraction of sp³-hybridized carbons (Fsp3) is 0. The van der Waals surface area contributed by atoms with Crippen LogP contribution in [0.5, 0.6) is 0 Å². The molecule has 0 aliphatic rings. The third kappa shape index (κ3) is 17.1. The van der Waals surface area contributed by atoms with Crippen LogP contribution in [-0.2, 0) is 19.2 Å². The van der Waals surface area contributed by atoms with E-state index in [0.29, 0.717) is 0 Å². The van der Waals surface area contributed by atoms with E-state index in [2.05, 4.69) is 4.90 Å². The van der Waals surface area contributed by atoms with Gasteiger partial charge in [-0.25, -0.2) is 0 Å². The molecule has 0 saturated heterocycles. The zero-order valence-corrected chi connectivity index (χ0v) is 4.66. The quantitative estimate of drug-likeness (QED) is 0.474. The first-order valence-electron chi connectivity index (χ1n) is 0.610. The summed E-state index contributed by atoms with van der Waals surface area (Å²) in [6, 6.07) is 0. The van der Waals surface area contributed by atoms with Crippen molar-refractivity contribution in [1.82, 2.24) is 0 Å². The normalized spacial score (nSPS) is 6.25. The SMILES string of the molecule is [CH2]=[Mo](=[O])[Cl]. The van der Waals surface area contributed by atoms with Gasteiger partial charge < -0.3 is 0 Å². The van der Waals surface area contributed by atoms with Gasteiger partial charge in [0.15, 0.2) is 0 Å². The van der Waals surface area contributed by atoms with Crippen LogP contribution in [0.3, 0.4) is 0 Å². The van der Waals surface area contributed by atoms with E-state index in [1.54, 1.807) is 0 Å². The molecule has 0 radical (unpaired) electrons. The molecule has 0 spiro atoms. The van der Waals surface area contributed by atoms with Gasteiger partial charge in [-0.1, -0.05) is 0 Å². The Morgan fingerprint density at radius 3 is 2.00 bits per heavy atom. The predicted octanol–water partition coefficient (Wildman–Crippen LogP) is 0.536. The molecule has 1 nitrogen and oxygen atoms in total. The molecule has 0 saturated carbocycles. The molecule has 0 aromatic rings. The molecule has 0 aromatic carbocycles. The van der Waals surface area contributed by atoms with Crippen LogP contribution in [0, 0.1) is 0 Å². The van der Waals surface area contributed by atoms with Crippen LogP contribution < -0.4 is 0 Å². The predicted molar refractivity (Wildman–Crippen MR) is 13.7 cm³/mol. The second kappa shape index (κ2) is 1.92. The average Bonchev–Trinajstić information content (AvgIpc) is 0.811. The van der Waals surface area contributed by atoms with E-state index in [1.807, 2.05) is 0 Å². The minimum atomic E-state index is -2.38. The molecule has 0 atom stereocenters. The third-order valence-corrected chi connectivity index (χ3v) is 0. The van der Waals surface area contributed by atoms with Crippen molar-refractivity contribution in [2.75, 3.05) is 0 Å². The van der Waals surface area contributed by atoms with Crippen molar-refractivity contribution in [2.24, 2.45) is 0 Å². The standard InChI is InChI=1S/CH2.ClH.Mo.O/h1H2;1H;;/q;;+1;/p-1. The van der Waals surface area contributed by atoms with E-state index in [0.717, 1.165) is 0 Å². The Bertz CT molecular complexity index is 56.4. The summed E-state index contributed by atoms with van der Waals surface area (Å²) in [5, 5.41) is 0. The van der Waals surface area contributed by atoms with Crippen molar-refractivity contribution in [3.05, 3.63) is 0 Å². The molecule has 25 valence electrons. The van der Waals surface area contributed by atoms with Crippen molar-refractivity contribution in [3.63, 3.8) is 0 Å². The van der Waals surface area contributed by atoms with Crippen LogP contribution >= 0.6 is 9.42 Å². The van der Waals surface area contributed by atoms with Gasteiger partial charge in [0.1, 0.15) is 0 Å². The molecule has 0 amide bonds. The van der Waals surface area contributed by atoms with Crippen LogP contribution in [0.1, 0.15) is 0 Å². The van der Waals surface area contributed by atoms with Gasteiger partial charge in [0.25, 0.3) is 0 Å². The minimum absolute atomic E-state index is 2.38. The summed E-state index contributed by atoms with van der Waals surface area (Å²) in [6.07, 6.45) is 0. The van der Waals surface area contributed by atoms with E-state index < -0.39 is 15.8 Å². The number of halogens is 1. The summed E-state index contributed by atoms with van der Waals surface area (Å²) in [5.41, 5.74) is 0. The van der Waals surface area contributed by atoms with Crippen LogP contribution in [0.2, 0.25) is 0 Å². The van der Waals surface area contributed by atoms with Crippen LogP contribution in [0.4, 0.5) is 0 Å². The molecule has 0 aromatic heterocycles. The summed E-state index contributed by atoms with van der Waals surface area (Å²) in [4.78, 5) is 3.02. The van der Waals surface area contributed by atoms with Crippen molar-refractivity contribution >= 4 is 14.3 Å². The molecular weight excluding hydrogens is 159 g/mol. The Kier molecular flexibility index (Phi) is 2.23. The molecule has 0 bridgehead atoms. The van der Waals surface area contributed by atoms with Gasteiger partial charge in [-0.3, -0.25) is 0 Å². The van der Waals surface area contributed by atoms with Gasteiger partial charge in [-0.05, 0) is 0 Å². The van der Waals surface area contributed by atoms with Gasteiger partial charge in [-0.15, -0.1) is 0 Å². The van der Waals surface area contributed by atoms with Gasteiger partial charge in [0.05, 0.1) is 0 Å². The maximum absolute atomic E-state index is 9.35. The maximum atomic E-state index is 9.35. The Morgan fingerprint density at radius 2 is 2.00 bits per heavy atom. The third-order valence-electron chi connectivity index (χ3n) is 0. The van der Waals surface area contributed by atoms with Gasteiger partial charge >= 0.3 is 33.5 Å². The molecule has 0 aliphatic heterocycles. The zero-order chi connectivity index (χ0) is 3.58. The molecule has 0 aliphatic carbocycles.